The van der Waals surface area contributed by atoms with Gasteiger partial charge < -0.3 is 0 Å². The predicted molar refractivity (Wildman–Crippen MR) is 68.8 cm³/mol. The van der Waals surface area contributed by atoms with Crippen molar-refractivity contribution >= 4 is 10.9 Å². The first kappa shape index (κ1) is 12.7. The van der Waals surface area contributed by atoms with Crippen LogP contribution in [0.15, 0.2) is 6.20 Å². The predicted octanol–water partition coefficient (Wildman–Crippen LogP) is 3.72. The fraction of sp³-hybridized carbons (Fsp3) is 0.538. The van der Waals surface area contributed by atoms with Gasteiger partial charge in [-0.25, -0.2) is 0 Å². The molecular formula is C13H21N3. The van der Waals surface area contributed by atoms with Crippen LogP contribution in [0.25, 0.3) is 10.9 Å². The molecule has 2 aromatic rings. The molecule has 0 fully saturated rings. The summed E-state index contributed by atoms with van der Waals surface area (Å²) in [6.45, 7) is 12.4. The Morgan fingerprint density at radius 1 is 1.19 bits per heavy atom. The van der Waals surface area contributed by atoms with E-state index in [1.54, 1.807) is 0 Å². The van der Waals surface area contributed by atoms with Gasteiger partial charge in [0.05, 0.1) is 5.52 Å². The summed E-state index contributed by atoms with van der Waals surface area (Å²) >= 11 is 0. The summed E-state index contributed by atoms with van der Waals surface area (Å²) in [6, 6.07) is 0. The lowest BCUT2D eigenvalue weighted by Crippen LogP contribution is -1.90. The van der Waals surface area contributed by atoms with Gasteiger partial charge in [-0.05, 0) is 25.3 Å². The molecule has 3 heteroatoms. The van der Waals surface area contributed by atoms with Crippen molar-refractivity contribution in [3.8, 4) is 0 Å². The summed E-state index contributed by atoms with van der Waals surface area (Å²) in [7, 11) is 0. The number of aryl methyl sites for hydroxylation is 2. The van der Waals surface area contributed by atoms with Gasteiger partial charge >= 0.3 is 0 Å². The Hall–Kier alpha value is -1.38. The molecule has 88 valence electrons. The van der Waals surface area contributed by atoms with Crippen LogP contribution >= 0.6 is 0 Å². The number of rotatable bonds is 1. The number of aromatic amines is 1. The smallest absolute Gasteiger partial charge is 0.0986 e. The largest absolute Gasteiger partial charge is 0.281 e. The first-order chi connectivity index (χ1) is 7.61. The van der Waals surface area contributed by atoms with E-state index < -0.39 is 0 Å². The van der Waals surface area contributed by atoms with E-state index in [0.717, 1.165) is 16.6 Å². The highest BCUT2D eigenvalue weighted by Crippen LogP contribution is 2.24. The second kappa shape index (κ2) is 5.10. The van der Waals surface area contributed by atoms with Crippen molar-refractivity contribution < 1.29 is 0 Å². The Bertz CT molecular complexity index is 469. The van der Waals surface area contributed by atoms with Crippen LogP contribution in [-0.4, -0.2) is 15.2 Å². The van der Waals surface area contributed by atoms with Gasteiger partial charge in [0.1, 0.15) is 0 Å². The first-order valence-electron chi connectivity index (χ1n) is 5.91. The van der Waals surface area contributed by atoms with E-state index in [2.05, 4.69) is 36.0 Å². The summed E-state index contributed by atoms with van der Waals surface area (Å²) in [6.07, 6.45) is 1.91. The number of nitrogens with zero attached hydrogens (tertiary/aromatic N) is 2. The van der Waals surface area contributed by atoms with Crippen LogP contribution in [0.2, 0.25) is 0 Å². The second-order valence-electron chi connectivity index (χ2n) is 4.02. The molecule has 0 aliphatic carbocycles. The van der Waals surface area contributed by atoms with Crippen molar-refractivity contribution in [2.45, 2.75) is 47.5 Å². The Morgan fingerprint density at radius 2 is 1.81 bits per heavy atom. The third kappa shape index (κ3) is 2.08. The molecule has 0 aliphatic rings. The third-order valence-electron chi connectivity index (χ3n) is 2.70. The number of H-pyrrole nitrogens is 1. The van der Waals surface area contributed by atoms with Gasteiger partial charge in [0, 0.05) is 23.0 Å². The zero-order valence-corrected chi connectivity index (χ0v) is 11.0. The van der Waals surface area contributed by atoms with E-state index in [-0.39, 0.29) is 0 Å². The Balaban J connectivity index is 0.000000606. The topological polar surface area (TPSA) is 41.6 Å². The lowest BCUT2D eigenvalue weighted by atomic mass is 10.1. The summed E-state index contributed by atoms with van der Waals surface area (Å²) in [5.41, 5.74) is 4.46. The van der Waals surface area contributed by atoms with Crippen LogP contribution in [0.1, 0.15) is 50.6 Å². The van der Waals surface area contributed by atoms with E-state index in [1.807, 2.05) is 27.0 Å². The maximum atomic E-state index is 4.36. The number of hydrogen-bond acceptors (Lipinski definition) is 2. The minimum Gasteiger partial charge on any atom is -0.281 e. The van der Waals surface area contributed by atoms with Crippen molar-refractivity contribution in [3.05, 3.63) is 23.1 Å². The van der Waals surface area contributed by atoms with Crippen molar-refractivity contribution in [2.24, 2.45) is 0 Å². The van der Waals surface area contributed by atoms with E-state index in [0.29, 0.717) is 5.92 Å². The fourth-order valence-electron chi connectivity index (χ4n) is 1.65. The number of nitrogens with one attached hydrogen (secondary N) is 1. The Kier molecular flexibility index (Phi) is 4.05. The van der Waals surface area contributed by atoms with E-state index in [1.165, 1.54) is 11.3 Å². The highest BCUT2D eigenvalue weighted by atomic mass is 15.1. The Morgan fingerprint density at radius 3 is 2.38 bits per heavy atom. The van der Waals surface area contributed by atoms with Crippen LogP contribution < -0.4 is 0 Å². The van der Waals surface area contributed by atoms with Gasteiger partial charge in [-0.15, -0.1) is 0 Å². The molecule has 0 atom stereocenters. The number of hydrogen-bond donors (Lipinski definition) is 1. The summed E-state index contributed by atoms with van der Waals surface area (Å²) in [4.78, 5) is 4.36. The van der Waals surface area contributed by atoms with Crippen LogP contribution in [0, 0.1) is 13.8 Å². The van der Waals surface area contributed by atoms with Crippen LogP contribution in [-0.2, 0) is 0 Å². The van der Waals surface area contributed by atoms with Gasteiger partial charge in [-0.3, -0.25) is 10.1 Å². The average Bonchev–Trinajstić information content (AvgIpc) is 2.71. The molecule has 16 heavy (non-hydrogen) atoms. The molecule has 0 saturated heterocycles. The summed E-state index contributed by atoms with van der Waals surface area (Å²) < 4.78 is 0. The molecule has 0 radical (unpaired) electrons. The fourth-order valence-corrected chi connectivity index (χ4v) is 1.65. The Labute approximate surface area is 97.3 Å². The highest BCUT2D eigenvalue weighted by molar-refractivity contribution is 5.84. The molecule has 2 rings (SSSR count). The molecule has 0 aromatic carbocycles. The minimum atomic E-state index is 0.462. The molecule has 0 aliphatic heterocycles. The number of aromatic nitrogens is 3. The monoisotopic (exact) mass is 219 g/mol. The maximum absolute atomic E-state index is 4.36. The standard InChI is InChI=1S/C11H15N3.C2H6/c1-6(2)10-9-5-12-8(4)7(3)11(9)14-13-10;1-2/h5-6H,1-4H3,(H,13,14);1-2H3. The lowest BCUT2D eigenvalue weighted by molar-refractivity contribution is 0.817. The van der Waals surface area contributed by atoms with Gasteiger partial charge in [-0.2, -0.15) is 5.10 Å². The number of pyridine rings is 1. The van der Waals surface area contributed by atoms with Crippen LogP contribution in [0.4, 0.5) is 0 Å². The quantitative estimate of drug-likeness (QED) is 0.794. The molecular weight excluding hydrogens is 198 g/mol. The van der Waals surface area contributed by atoms with Gasteiger partial charge in [-0.1, -0.05) is 27.7 Å². The van der Waals surface area contributed by atoms with Gasteiger partial charge in [0.15, 0.2) is 0 Å². The van der Waals surface area contributed by atoms with Crippen molar-refractivity contribution in [2.75, 3.05) is 0 Å². The second-order valence-corrected chi connectivity index (χ2v) is 4.02. The highest BCUT2D eigenvalue weighted by Gasteiger charge is 2.11. The zero-order valence-electron chi connectivity index (χ0n) is 11.0. The summed E-state index contributed by atoms with van der Waals surface area (Å²) in [5, 5.41) is 8.58. The average molecular weight is 219 g/mol. The number of fused-ring (bicyclic) bond motifs is 1. The van der Waals surface area contributed by atoms with E-state index in [9.17, 15) is 0 Å². The van der Waals surface area contributed by atoms with Crippen molar-refractivity contribution in [1.29, 1.82) is 0 Å². The molecule has 0 amide bonds. The van der Waals surface area contributed by atoms with Crippen molar-refractivity contribution in [1.82, 2.24) is 15.2 Å². The molecule has 0 saturated carbocycles. The van der Waals surface area contributed by atoms with Crippen LogP contribution in [0.5, 0.6) is 0 Å². The molecule has 0 bridgehead atoms. The molecule has 0 unspecified atom stereocenters. The molecule has 2 aromatic heterocycles. The van der Waals surface area contributed by atoms with E-state index in [4.69, 9.17) is 0 Å². The lowest BCUT2D eigenvalue weighted by Gasteiger charge is -2.02. The van der Waals surface area contributed by atoms with Gasteiger partial charge in [0.2, 0.25) is 0 Å². The maximum Gasteiger partial charge on any atom is 0.0986 e. The van der Waals surface area contributed by atoms with E-state index >= 15 is 0 Å². The zero-order chi connectivity index (χ0) is 12.3. The first-order valence-corrected chi connectivity index (χ1v) is 5.91. The SMILES string of the molecule is CC.Cc1ncc2c(C(C)C)[nH]nc2c1C. The molecule has 1 N–H and O–H groups in total. The minimum absolute atomic E-state index is 0.462. The van der Waals surface area contributed by atoms with Crippen molar-refractivity contribution in [3.63, 3.8) is 0 Å². The van der Waals surface area contributed by atoms with Gasteiger partial charge in [0.25, 0.3) is 0 Å². The molecule has 2 heterocycles. The van der Waals surface area contributed by atoms with Crippen LogP contribution in [0.3, 0.4) is 0 Å². The summed E-state index contributed by atoms with van der Waals surface area (Å²) in [5.74, 6) is 0.462. The molecule has 0 spiro atoms. The normalized spacial score (nSPS) is 10.4. The molecule has 3 nitrogen and oxygen atoms in total. The third-order valence-corrected chi connectivity index (χ3v) is 2.70.